The Balaban J connectivity index is 2.09. The first-order chi connectivity index (χ1) is 14.4. The van der Waals surface area contributed by atoms with Gasteiger partial charge in [0.2, 0.25) is 0 Å². The predicted octanol–water partition coefficient (Wildman–Crippen LogP) is 4.56. The van der Waals surface area contributed by atoms with Crippen LogP contribution in [-0.4, -0.2) is 28.6 Å². The Morgan fingerprint density at radius 2 is 2.03 bits per heavy atom. The summed E-state index contributed by atoms with van der Waals surface area (Å²) in [4.78, 5) is 27.6. The molecule has 0 saturated carbocycles. The molecular weight excluding hydrogens is 474 g/mol. The molecule has 1 aromatic heterocycles. The molecule has 0 aliphatic rings. The quantitative estimate of drug-likeness (QED) is 0.488. The number of nitrogens with one attached hydrogen (secondary N) is 1. The molecule has 9 heteroatoms. The van der Waals surface area contributed by atoms with E-state index >= 15 is 0 Å². The van der Waals surface area contributed by atoms with E-state index < -0.39 is 11.2 Å². The summed E-state index contributed by atoms with van der Waals surface area (Å²) in [5.41, 5.74) is -0.179. The SMILES string of the molecule is CCOc1cc(C=Nn2c(=O)[nH]c3ccccc3c2=O)c(Br)c(Cl)c1OC(C)CC. The number of nitrogens with zero attached hydrogens (tertiary/aromatic N) is 2. The van der Waals surface area contributed by atoms with Gasteiger partial charge in [0.1, 0.15) is 5.02 Å². The van der Waals surface area contributed by atoms with Crippen LogP contribution in [0.25, 0.3) is 10.9 Å². The molecule has 0 aliphatic heterocycles. The summed E-state index contributed by atoms with van der Waals surface area (Å²) in [5.74, 6) is 0.879. The second-order valence-electron chi connectivity index (χ2n) is 6.53. The molecule has 158 valence electrons. The molecule has 1 N–H and O–H groups in total. The number of halogens is 2. The van der Waals surface area contributed by atoms with Gasteiger partial charge in [-0.15, -0.1) is 4.68 Å². The zero-order valence-corrected chi connectivity index (χ0v) is 19.1. The molecule has 0 saturated heterocycles. The Morgan fingerprint density at radius 3 is 2.73 bits per heavy atom. The van der Waals surface area contributed by atoms with Crippen molar-refractivity contribution in [3.63, 3.8) is 0 Å². The Kier molecular flexibility index (Phi) is 6.99. The number of aromatic nitrogens is 2. The van der Waals surface area contributed by atoms with Gasteiger partial charge in [-0.2, -0.15) is 5.10 Å². The fourth-order valence-electron chi connectivity index (χ4n) is 2.73. The van der Waals surface area contributed by atoms with E-state index in [-0.39, 0.29) is 6.10 Å². The zero-order chi connectivity index (χ0) is 21.8. The number of para-hydroxylation sites is 1. The van der Waals surface area contributed by atoms with Crippen molar-refractivity contribution in [3.8, 4) is 11.5 Å². The van der Waals surface area contributed by atoms with Crippen LogP contribution in [0.1, 0.15) is 32.8 Å². The largest absolute Gasteiger partial charge is 0.490 e. The Bertz CT molecular complexity index is 1220. The Labute approximate surface area is 186 Å². The normalized spacial score (nSPS) is 12.4. The molecule has 0 aliphatic carbocycles. The average molecular weight is 495 g/mol. The molecular formula is C21H21BrClN3O4. The van der Waals surface area contributed by atoms with Crippen LogP contribution in [0.2, 0.25) is 5.02 Å². The van der Waals surface area contributed by atoms with Gasteiger partial charge in [0, 0.05) is 10.0 Å². The first kappa shape index (κ1) is 22.1. The molecule has 1 unspecified atom stereocenters. The average Bonchev–Trinajstić information content (AvgIpc) is 2.73. The van der Waals surface area contributed by atoms with E-state index in [1.165, 1.54) is 6.21 Å². The van der Waals surface area contributed by atoms with E-state index in [2.05, 4.69) is 26.0 Å². The number of fused-ring (bicyclic) bond motifs is 1. The number of hydrogen-bond donors (Lipinski definition) is 1. The highest BCUT2D eigenvalue weighted by Gasteiger charge is 2.19. The molecule has 30 heavy (non-hydrogen) atoms. The third-order valence-electron chi connectivity index (χ3n) is 4.45. The van der Waals surface area contributed by atoms with Crippen LogP contribution in [0.15, 0.2) is 49.5 Å². The number of benzene rings is 2. The Hall–Kier alpha value is -2.58. The summed E-state index contributed by atoms with van der Waals surface area (Å²) in [6, 6.07) is 8.44. The molecule has 0 spiro atoms. The van der Waals surface area contributed by atoms with Gasteiger partial charge < -0.3 is 14.5 Å². The monoisotopic (exact) mass is 493 g/mol. The van der Waals surface area contributed by atoms with E-state index in [1.54, 1.807) is 30.3 Å². The van der Waals surface area contributed by atoms with E-state index in [0.717, 1.165) is 11.1 Å². The number of H-pyrrole nitrogens is 1. The van der Waals surface area contributed by atoms with Gasteiger partial charge in [-0.1, -0.05) is 30.7 Å². The van der Waals surface area contributed by atoms with Crippen LogP contribution in [0.4, 0.5) is 0 Å². The molecule has 0 amide bonds. The highest BCUT2D eigenvalue weighted by molar-refractivity contribution is 9.10. The van der Waals surface area contributed by atoms with Crippen LogP contribution in [0.3, 0.4) is 0 Å². The number of rotatable bonds is 7. The van der Waals surface area contributed by atoms with Crippen molar-refractivity contribution in [2.24, 2.45) is 5.10 Å². The van der Waals surface area contributed by atoms with Gasteiger partial charge >= 0.3 is 5.69 Å². The van der Waals surface area contributed by atoms with Gasteiger partial charge in [-0.3, -0.25) is 4.79 Å². The second kappa shape index (κ2) is 9.49. The molecule has 0 fully saturated rings. The lowest BCUT2D eigenvalue weighted by Gasteiger charge is -2.19. The molecule has 3 aromatic rings. The first-order valence-electron chi connectivity index (χ1n) is 9.47. The maximum atomic E-state index is 12.6. The van der Waals surface area contributed by atoms with E-state index in [9.17, 15) is 9.59 Å². The smallest absolute Gasteiger partial charge is 0.349 e. The van der Waals surface area contributed by atoms with Crippen LogP contribution in [0, 0.1) is 0 Å². The van der Waals surface area contributed by atoms with Crippen molar-refractivity contribution in [1.29, 1.82) is 0 Å². The minimum Gasteiger partial charge on any atom is -0.490 e. The molecule has 7 nitrogen and oxygen atoms in total. The summed E-state index contributed by atoms with van der Waals surface area (Å²) < 4.78 is 12.9. The number of aromatic amines is 1. The maximum Gasteiger partial charge on any atom is 0.349 e. The van der Waals surface area contributed by atoms with Crippen molar-refractivity contribution in [2.75, 3.05) is 6.61 Å². The minimum atomic E-state index is -0.640. The predicted molar refractivity (Wildman–Crippen MR) is 123 cm³/mol. The van der Waals surface area contributed by atoms with Crippen molar-refractivity contribution >= 4 is 44.6 Å². The standard InChI is InChI=1S/C21H21BrClN3O4/c1-4-12(3)30-19-16(29-5-2)10-13(17(22)18(19)23)11-24-26-20(27)14-8-6-7-9-15(14)25-21(26)28/h6-12H,4-5H2,1-3H3,(H,25,28). The zero-order valence-electron chi connectivity index (χ0n) is 16.7. The third-order valence-corrected chi connectivity index (χ3v) is 5.89. The van der Waals surface area contributed by atoms with Crippen molar-refractivity contribution in [3.05, 3.63) is 66.2 Å². The Morgan fingerprint density at radius 1 is 1.30 bits per heavy atom. The van der Waals surface area contributed by atoms with Crippen LogP contribution >= 0.6 is 27.5 Å². The molecule has 2 aromatic carbocycles. The van der Waals surface area contributed by atoms with E-state index in [0.29, 0.717) is 44.1 Å². The lowest BCUT2D eigenvalue weighted by atomic mass is 10.2. The molecule has 0 bridgehead atoms. The van der Waals surface area contributed by atoms with E-state index in [4.69, 9.17) is 21.1 Å². The van der Waals surface area contributed by atoms with Crippen molar-refractivity contribution < 1.29 is 9.47 Å². The topological polar surface area (TPSA) is 85.7 Å². The first-order valence-corrected chi connectivity index (χ1v) is 10.6. The van der Waals surface area contributed by atoms with Gasteiger partial charge in [0.25, 0.3) is 5.56 Å². The summed E-state index contributed by atoms with van der Waals surface area (Å²) in [5, 5.41) is 4.77. The molecule has 0 radical (unpaired) electrons. The highest BCUT2D eigenvalue weighted by atomic mass is 79.9. The van der Waals surface area contributed by atoms with Gasteiger partial charge in [-0.05, 0) is 54.4 Å². The summed E-state index contributed by atoms with van der Waals surface area (Å²) in [7, 11) is 0. The fraction of sp³-hybridized carbons (Fsp3) is 0.286. The number of ether oxygens (including phenoxy) is 2. The lowest BCUT2D eigenvalue weighted by molar-refractivity contribution is 0.203. The molecule has 3 rings (SSSR count). The van der Waals surface area contributed by atoms with E-state index in [1.807, 2.05) is 20.8 Å². The van der Waals surface area contributed by atoms with Gasteiger partial charge in [0.05, 0.1) is 29.8 Å². The summed E-state index contributed by atoms with van der Waals surface area (Å²) in [6.45, 7) is 6.21. The van der Waals surface area contributed by atoms with Crippen LogP contribution in [-0.2, 0) is 0 Å². The third kappa shape index (κ3) is 4.44. The van der Waals surface area contributed by atoms with Crippen molar-refractivity contribution in [2.45, 2.75) is 33.3 Å². The lowest BCUT2D eigenvalue weighted by Crippen LogP contribution is -2.32. The summed E-state index contributed by atoms with van der Waals surface area (Å²) >= 11 is 9.96. The maximum absolute atomic E-state index is 12.6. The number of hydrogen-bond acceptors (Lipinski definition) is 5. The van der Waals surface area contributed by atoms with Crippen LogP contribution in [0.5, 0.6) is 11.5 Å². The van der Waals surface area contributed by atoms with Crippen LogP contribution < -0.4 is 20.7 Å². The molecule has 1 atom stereocenters. The fourth-order valence-corrected chi connectivity index (χ4v) is 3.38. The highest BCUT2D eigenvalue weighted by Crippen LogP contribution is 2.42. The molecule has 1 heterocycles. The van der Waals surface area contributed by atoms with Gasteiger partial charge in [0.15, 0.2) is 11.5 Å². The minimum absolute atomic E-state index is 0.0529. The summed E-state index contributed by atoms with van der Waals surface area (Å²) in [6.07, 6.45) is 2.12. The van der Waals surface area contributed by atoms with Crippen molar-refractivity contribution in [1.82, 2.24) is 9.66 Å². The second-order valence-corrected chi connectivity index (χ2v) is 7.70. The van der Waals surface area contributed by atoms with Gasteiger partial charge in [-0.25, -0.2) is 4.79 Å².